The van der Waals surface area contributed by atoms with E-state index in [2.05, 4.69) is 61.5 Å². The van der Waals surface area contributed by atoms with Crippen LogP contribution in [0.4, 0.5) is 0 Å². The molecule has 0 saturated carbocycles. The highest BCUT2D eigenvalue weighted by molar-refractivity contribution is 7.91. The van der Waals surface area contributed by atoms with Gasteiger partial charge in [0.1, 0.15) is 86.6 Å². The second kappa shape index (κ2) is 34.9. The molecule has 0 heterocycles. The van der Waals surface area contributed by atoms with Crippen LogP contribution in [0.2, 0.25) is 0 Å². The van der Waals surface area contributed by atoms with Crippen LogP contribution < -0.4 is 66.3 Å². The number of hydrogen-bond donors (Lipinski definition) is 1. The number of rotatable bonds is 25. The molecule has 1 N–H and O–H groups in total. The highest BCUT2D eigenvalue weighted by Crippen LogP contribution is 2.62. The number of aliphatic hydroxyl groups excluding tert-OH is 1. The molecule has 11 aromatic carbocycles. The van der Waals surface area contributed by atoms with E-state index in [-0.39, 0.29) is 17.6 Å². The predicted octanol–water partition coefficient (Wildman–Crippen LogP) is 19.0. The summed E-state index contributed by atoms with van der Waals surface area (Å²) in [4.78, 5) is 0. The van der Waals surface area contributed by atoms with Crippen LogP contribution in [-0.4, -0.2) is 113 Å². The van der Waals surface area contributed by atoms with Gasteiger partial charge in [0.2, 0.25) is 0 Å². The Bertz CT molecular complexity index is 5290. The van der Waals surface area contributed by atoms with Crippen LogP contribution in [0, 0.1) is 20.8 Å². The van der Waals surface area contributed by atoms with Crippen LogP contribution in [0.1, 0.15) is 124 Å². The largest absolute Gasteiger partial charge is 0.497 e. The van der Waals surface area contributed by atoms with Crippen molar-refractivity contribution in [3.63, 3.8) is 0 Å². The van der Waals surface area contributed by atoms with Gasteiger partial charge in [-0.2, -0.15) is 0 Å². The van der Waals surface area contributed by atoms with E-state index in [4.69, 9.17) is 66.3 Å². The van der Waals surface area contributed by atoms with E-state index in [1.165, 1.54) is 22.3 Å². The van der Waals surface area contributed by atoms with Crippen molar-refractivity contribution in [1.29, 1.82) is 0 Å². The first-order valence-corrected chi connectivity index (χ1v) is 38.2. The number of benzene rings is 11. The molecule has 17 nitrogen and oxygen atoms in total. The molecule has 0 aliphatic heterocycles. The number of aliphatic hydroxyl groups is 1. The Morgan fingerprint density at radius 1 is 0.330 bits per heavy atom. The molecule has 18 heteroatoms. The fourth-order valence-corrected chi connectivity index (χ4v) is 17.7. The van der Waals surface area contributed by atoms with Gasteiger partial charge in [-0.15, -0.1) is 0 Å². The molecule has 0 fully saturated rings. The Labute approximate surface area is 657 Å². The van der Waals surface area contributed by atoms with Crippen molar-refractivity contribution < 1.29 is 79.8 Å². The molecule has 0 spiro atoms. The van der Waals surface area contributed by atoms with Gasteiger partial charge in [0.15, 0.2) is 9.84 Å². The first kappa shape index (κ1) is 79.6. The maximum absolute atomic E-state index is 14.6. The Hall–Kier alpha value is -12.0. The lowest BCUT2D eigenvalue weighted by atomic mass is 9.81. The lowest BCUT2D eigenvalue weighted by Crippen LogP contribution is -2.21. The average molecular weight is 1530 g/mol. The zero-order chi connectivity index (χ0) is 79.7. The third kappa shape index (κ3) is 16.4. The highest BCUT2D eigenvalue weighted by atomic mass is 32.2. The first-order chi connectivity index (χ1) is 54.2. The van der Waals surface area contributed by atoms with E-state index in [1.54, 1.807) is 124 Å². The minimum absolute atomic E-state index is 0.110. The topological polar surface area (TPSA) is 184 Å². The normalized spacial score (nSPS) is 15.8. The number of hydrogen-bond acceptors (Lipinski definition) is 17. The average Bonchev–Trinajstić information content (AvgIpc) is 1.57. The Morgan fingerprint density at radius 3 is 1.17 bits per heavy atom. The van der Waals surface area contributed by atoms with Crippen molar-refractivity contribution in [2.24, 2.45) is 0 Å². The van der Waals surface area contributed by atoms with Crippen LogP contribution >= 0.6 is 0 Å². The van der Waals surface area contributed by atoms with Crippen molar-refractivity contribution in [1.82, 2.24) is 0 Å². The maximum Gasteiger partial charge on any atom is 0.162 e. The Kier molecular flexibility index (Phi) is 24.8. The van der Waals surface area contributed by atoms with E-state index in [0.29, 0.717) is 62.9 Å². The molecule has 112 heavy (non-hydrogen) atoms. The molecule has 2 unspecified atom stereocenters. The summed E-state index contributed by atoms with van der Waals surface area (Å²) in [6, 6.07) is 69.3. The molecule has 0 bridgehead atoms. The molecule has 11 aromatic rings. The number of aryl methyl sites for hydroxylation is 3. The fraction of sp³-hybridized carbons (Fsp3) is 0.255. The van der Waals surface area contributed by atoms with E-state index in [1.807, 2.05) is 147 Å². The van der Waals surface area contributed by atoms with Gasteiger partial charge < -0.3 is 71.4 Å². The van der Waals surface area contributed by atoms with Crippen molar-refractivity contribution >= 4 is 32.1 Å². The summed E-state index contributed by atoms with van der Waals surface area (Å²) in [5.74, 6) is 8.34. The number of allylic oxidation sites excluding steroid dienone is 2. The zero-order valence-corrected chi connectivity index (χ0v) is 67.2. The van der Waals surface area contributed by atoms with Crippen LogP contribution in [0.25, 0.3) is 22.3 Å². The molecular weight excluding hydrogens is 1430 g/mol. The smallest absolute Gasteiger partial charge is 0.162 e. The Morgan fingerprint density at radius 2 is 0.714 bits per heavy atom. The van der Waals surface area contributed by atoms with Crippen molar-refractivity contribution in [2.75, 3.05) is 99.5 Å². The molecule has 3 aliphatic rings. The molecule has 0 aromatic heterocycles. The van der Waals surface area contributed by atoms with E-state index in [0.717, 1.165) is 119 Å². The number of sulfone groups is 1. The quantitative estimate of drug-likeness (QED) is 0.0569. The molecule has 14 rings (SSSR count). The minimum Gasteiger partial charge on any atom is -0.497 e. The van der Waals surface area contributed by atoms with Gasteiger partial charge in [-0.1, -0.05) is 114 Å². The number of ether oxygens (including phenoxy) is 14. The van der Waals surface area contributed by atoms with Gasteiger partial charge in [0, 0.05) is 87.6 Å². The van der Waals surface area contributed by atoms with Crippen LogP contribution in [-0.2, 0) is 22.0 Å². The summed E-state index contributed by atoms with van der Waals surface area (Å²) in [5, 5.41) is 10.6. The zero-order valence-electron chi connectivity index (χ0n) is 66.4. The van der Waals surface area contributed by atoms with Crippen molar-refractivity contribution in [3.8, 4) is 80.5 Å². The van der Waals surface area contributed by atoms with E-state index in [9.17, 15) is 13.5 Å². The van der Waals surface area contributed by atoms with Crippen molar-refractivity contribution in [2.45, 2.75) is 62.1 Å². The first-order valence-electron chi connectivity index (χ1n) is 36.5. The SMILES string of the molecule is COc1cc(OC)cc(C2=C(c3ccc(C)cc3)C(O)c3cc(OC)cc(OC)c32)c1.COc1ccc(CC2=C(c3ccc(C)cc3)[C@@H](c3cc(OC)cc(OC)c3)c3c(OC)cc(OC)cc32)cc1.COc1ccc(CS(=O)(=O)C2c3cc(OC)cc(OC)c3[C@H](c3cc(OC)cc(OC)c3)[C@H]2c2ccc(C)cc2)cc1. The summed E-state index contributed by atoms with van der Waals surface area (Å²) in [6.45, 7) is 6.17. The predicted molar refractivity (Wildman–Crippen MR) is 440 cm³/mol. The van der Waals surface area contributed by atoms with E-state index >= 15 is 0 Å². The van der Waals surface area contributed by atoms with Gasteiger partial charge >= 0.3 is 0 Å². The lowest BCUT2D eigenvalue weighted by Gasteiger charge is -2.27. The van der Waals surface area contributed by atoms with Gasteiger partial charge in [-0.05, 0) is 173 Å². The maximum atomic E-state index is 14.6. The van der Waals surface area contributed by atoms with Crippen molar-refractivity contribution in [3.05, 3.63) is 307 Å². The monoisotopic (exact) mass is 1530 g/mol. The summed E-state index contributed by atoms with van der Waals surface area (Å²) in [5.41, 5.74) is 20.5. The van der Waals surface area contributed by atoms with Crippen LogP contribution in [0.5, 0.6) is 80.5 Å². The second-order valence-corrected chi connectivity index (χ2v) is 29.7. The summed E-state index contributed by atoms with van der Waals surface area (Å²) < 4.78 is 108. The number of methoxy groups -OCH3 is 14. The molecular formula is C94H96O17S. The summed E-state index contributed by atoms with van der Waals surface area (Å²) in [7, 11) is 19.1. The lowest BCUT2D eigenvalue weighted by molar-refractivity contribution is 0.240. The molecule has 0 radical (unpaired) electrons. The molecule has 3 aliphatic carbocycles. The molecule has 5 atom stereocenters. The van der Waals surface area contributed by atoms with Gasteiger partial charge in [0.05, 0.1) is 111 Å². The molecule has 0 amide bonds. The standard InChI is InChI=1S/C34H36O7S.C34H34O5.C26H26O5/c1-21-7-11-23(12-8-21)32-31(24-15-26(38-3)17-27(16-24)39-4)33-29(18-28(40-5)19-30(33)41-6)34(32)42(35,36)20-22-9-13-25(37-2)14-10-22;1-21-7-11-23(12-8-21)32-29(15-22-9-13-25(35-2)14-10-22)30-19-28(38-5)20-31(39-6)34(30)33(32)24-16-26(36-3)18-27(17-24)37-4;1-15-6-8-16(9-7-15)24-23(17-10-18(28-2)12-19(11-17)29-3)25-21(26(24)27)13-20(30-4)14-22(25)31-5/h7-19,31-32,34H,20H2,1-6H3;7-14,16-20,33H,15H2,1-6H3;6-14,26-27H,1-5H3/t31-,32-,34?;33-;/m11./s1. The highest BCUT2D eigenvalue weighted by Gasteiger charge is 2.51. The summed E-state index contributed by atoms with van der Waals surface area (Å²) >= 11 is 0. The van der Waals surface area contributed by atoms with Gasteiger partial charge in [-0.3, -0.25) is 0 Å². The van der Waals surface area contributed by atoms with Gasteiger partial charge in [0.25, 0.3) is 0 Å². The minimum atomic E-state index is -3.79. The molecule has 0 saturated heterocycles. The third-order valence-corrected chi connectivity index (χ3v) is 23.1. The third-order valence-electron chi connectivity index (χ3n) is 21.1. The number of fused-ring (bicyclic) bond motifs is 3. The molecule has 580 valence electrons. The summed E-state index contributed by atoms with van der Waals surface area (Å²) in [6.07, 6.45) is -0.109. The van der Waals surface area contributed by atoms with Gasteiger partial charge in [-0.25, -0.2) is 8.42 Å². The Balaban J connectivity index is 0.000000158. The van der Waals surface area contributed by atoms with Crippen LogP contribution in [0.15, 0.2) is 212 Å². The van der Waals surface area contributed by atoms with E-state index < -0.39 is 27.1 Å². The fourth-order valence-electron chi connectivity index (χ4n) is 15.6. The second-order valence-electron chi connectivity index (χ2n) is 27.6. The van der Waals surface area contributed by atoms with Crippen LogP contribution in [0.3, 0.4) is 0 Å².